The molecule has 4 nitrogen and oxygen atoms in total. The van der Waals surface area contributed by atoms with Crippen molar-refractivity contribution in [2.75, 3.05) is 6.61 Å². The lowest BCUT2D eigenvalue weighted by Crippen LogP contribution is -2.14. The number of Topliss-reactive ketones (excluding diaryl/α,β-unsaturated/α-hetero) is 1. The molecule has 2 rings (SSSR count). The van der Waals surface area contributed by atoms with Crippen LogP contribution in [0.1, 0.15) is 39.6 Å². The lowest BCUT2D eigenvalue weighted by molar-refractivity contribution is 0.0472. The molecule has 2 aromatic rings. The van der Waals surface area contributed by atoms with Crippen LogP contribution in [0.5, 0.6) is 5.75 Å². The van der Waals surface area contributed by atoms with Gasteiger partial charge in [0.05, 0.1) is 0 Å². The molecule has 0 saturated heterocycles. The number of ether oxygens (including phenoxy) is 1. The number of benzene rings is 2. The largest absolute Gasteiger partial charge is 0.507 e. The van der Waals surface area contributed by atoms with Crippen molar-refractivity contribution >= 4 is 23.4 Å². The van der Waals surface area contributed by atoms with Gasteiger partial charge >= 0.3 is 5.97 Å². The Bertz CT molecular complexity index is 707. The topological polar surface area (TPSA) is 63.6 Å². The smallest absolute Gasteiger partial charge is 0.342 e. The van der Waals surface area contributed by atoms with E-state index < -0.39 is 12.6 Å². The van der Waals surface area contributed by atoms with Gasteiger partial charge in [0.25, 0.3) is 0 Å². The van der Waals surface area contributed by atoms with Gasteiger partial charge in [0.15, 0.2) is 12.4 Å². The van der Waals surface area contributed by atoms with Gasteiger partial charge in [-0.25, -0.2) is 4.79 Å². The third-order valence-electron chi connectivity index (χ3n) is 3.33. The number of halogens is 1. The molecule has 0 aliphatic carbocycles. The molecule has 0 heterocycles. The molecule has 0 aliphatic heterocycles. The first-order chi connectivity index (χ1) is 11.0. The van der Waals surface area contributed by atoms with E-state index in [0.29, 0.717) is 10.6 Å². The number of esters is 1. The van der Waals surface area contributed by atoms with Crippen molar-refractivity contribution < 1.29 is 19.4 Å². The zero-order chi connectivity index (χ0) is 16.8. The first kappa shape index (κ1) is 17.0. The molecule has 120 valence electrons. The SMILES string of the molecule is CCCc1ccc(C(=O)COC(=O)c2cc(Cl)ccc2O)cc1. The molecule has 5 heteroatoms. The zero-order valence-electron chi connectivity index (χ0n) is 12.7. The lowest BCUT2D eigenvalue weighted by Gasteiger charge is -2.07. The van der Waals surface area contributed by atoms with Crippen LogP contribution in [0.25, 0.3) is 0 Å². The van der Waals surface area contributed by atoms with Crippen LogP contribution >= 0.6 is 11.6 Å². The summed E-state index contributed by atoms with van der Waals surface area (Å²) in [7, 11) is 0. The zero-order valence-corrected chi connectivity index (χ0v) is 13.5. The highest BCUT2D eigenvalue weighted by Crippen LogP contribution is 2.22. The van der Waals surface area contributed by atoms with Crippen molar-refractivity contribution in [1.82, 2.24) is 0 Å². The lowest BCUT2D eigenvalue weighted by atomic mass is 10.1. The van der Waals surface area contributed by atoms with Crippen LogP contribution in [0.2, 0.25) is 5.02 Å². The van der Waals surface area contributed by atoms with Crippen molar-refractivity contribution in [2.24, 2.45) is 0 Å². The molecule has 23 heavy (non-hydrogen) atoms. The van der Waals surface area contributed by atoms with Crippen molar-refractivity contribution in [1.29, 1.82) is 0 Å². The number of phenols is 1. The predicted octanol–water partition coefficient (Wildman–Crippen LogP) is 4.04. The molecular weight excluding hydrogens is 316 g/mol. The first-order valence-corrected chi connectivity index (χ1v) is 7.67. The highest BCUT2D eigenvalue weighted by molar-refractivity contribution is 6.31. The summed E-state index contributed by atoms with van der Waals surface area (Å²) in [5.74, 6) is -1.33. The average molecular weight is 333 g/mol. The minimum absolute atomic E-state index is 0.0661. The summed E-state index contributed by atoms with van der Waals surface area (Å²) in [5.41, 5.74) is 1.57. The number of phenolic OH excluding ortho intramolecular Hbond substituents is 1. The fraction of sp³-hybridized carbons (Fsp3) is 0.222. The molecule has 0 fully saturated rings. The normalized spacial score (nSPS) is 10.3. The van der Waals surface area contributed by atoms with Gasteiger partial charge in [-0.15, -0.1) is 0 Å². The molecule has 2 aromatic carbocycles. The average Bonchev–Trinajstić information content (AvgIpc) is 2.55. The molecule has 0 bridgehead atoms. The molecule has 0 atom stereocenters. The van der Waals surface area contributed by atoms with E-state index in [1.165, 1.54) is 18.2 Å². The number of hydrogen-bond acceptors (Lipinski definition) is 4. The second-order valence-electron chi connectivity index (χ2n) is 5.11. The van der Waals surface area contributed by atoms with E-state index in [9.17, 15) is 14.7 Å². The summed E-state index contributed by atoms with van der Waals surface area (Å²) < 4.78 is 4.95. The molecule has 0 radical (unpaired) electrons. The number of aromatic hydroxyl groups is 1. The summed E-state index contributed by atoms with van der Waals surface area (Å²) in [5, 5.41) is 9.92. The van der Waals surface area contributed by atoms with Crippen molar-refractivity contribution in [3.8, 4) is 5.75 Å². The van der Waals surface area contributed by atoms with Gasteiger partial charge < -0.3 is 9.84 Å². The molecular formula is C18H17ClO4. The molecule has 0 amide bonds. The van der Waals surface area contributed by atoms with E-state index >= 15 is 0 Å². The van der Waals surface area contributed by atoms with E-state index in [4.69, 9.17) is 16.3 Å². The maximum absolute atomic E-state index is 12.0. The maximum atomic E-state index is 12.0. The highest BCUT2D eigenvalue weighted by Gasteiger charge is 2.15. The summed E-state index contributed by atoms with van der Waals surface area (Å²) in [4.78, 5) is 23.9. The number of carbonyl (C=O) groups is 2. The van der Waals surface area contributed by atoms with Crippen LogP contribution in [-0.2, 0) is 11.2 Å². The Hall–Kier alpha value is -2.33. The summed E-state index contributed by atoms with van der Waals surface area (Å²) in [6.45, 7) is 1.70. The third kappa shape index (κ3) is 4.57. The second kappa shape index (κ2) is 7.79. The summed E-state index contributed by atoms with van der Waals surface area (Å²) >= 11 is 5.77. The van der Waals surface area contributed by atoms with Gasteiger partial charge in [0.1, 0.15) is 11.3 Å². The van der Waals surface area contributed by atoms with E-state index in [-0.39, 0.29) is 17.1 Å². The number of carbonyl (C=O) groups excluding carboxylic acids is 2. The van der Waals surface area contributed by atoms with Gasteiger partial charge in [-0.1, -0.05) is 49.2 Å². The van der Waals surface area contributed by atoms with Crippen LogP contribution in [0.3, 0.4) is 0 Å². The highest BCUT2D eigenvalue weighted by atomic mass is 35.5. The summed E-state index contributed by atoms with van der Waals surface area (Å²) in [6, 6.07) is 11.3. The Morgan fingerprint density at radius 3 is 2.48 bits per heavy atom. The number of rotatable bonds is 6. The van der Waals surface area contributed by atoms with Crippen molar-refractivity contribution in [3.05, 3.63) is 64.2 Å². The van der Waals surface area contributed by atoms with Crippen LogP contribution < -0.4 is 0 Å². The van der Waals surface area contributed by atoms with E-state index in [0.717, 1.165) is 18.4 Å². The Morgan fingerprint density at radius 1 is 1.13 bits per heavy atom. The van der Waals surface area contributed by atoms with Crippen molar-refractivity contribution in [3.63, 3.8) is 0 Å². The standard InChI is InChI=1S/C18H17ClO4/c1-2-3-12-4-6-13(7-5-12)17(21)11-23-18(22)15-10-14(19)8-9-16(15)20/h4-10,20H,2-3,11H2,1H3. The quantitative estimate of drug-likeness (QED) is 0.640. The monoisotopic (exact) mass is 332 g/mol. The minimum atomic E-state index is -0.791. The molecule has 0 saturated carbocycles. The van der Waals surface area contributed by atoms with Gasteiger partial charge in [-0.3, -0.25) is 4.79 Å². The Balaban J connectivity index is 1.98. The van der Waals surface area contributed by atoms with Crippen LogP contribution in [-0.4, -0.2) is 23.5 Å². The maximum Gasteiger partial charge on any atom is 0.342 e. The second-order valence-corrected chi connectivity index (χ2v) is 5.54. The van der Waals surface area contributed by atoms with Gasteiger partial charge in [-0.05, 0) is 30.2 Å². The molecule has 0 spiro atoms. The minimum Gasteiger partial charge on any atom is -0.507 e. The number of aryl methyl sites for hydroxylation is 1. The van der Waals surface area contributed by atoms with E-state index in [1.807, 2.05) is 12.1 Å². The fourth-order valence-electron chi connectivity index (χ4n) is 2.11. The van der Waals surface area contributed by atoms with Crippen LogP contribution in [0, 0.1) is 0 Å². The predicted molar refractivity (Wildman–Crippen MR) is 88.2 cm³/mol. The summed E-state index contributed by atoms with van der Waals surface area (Å²) in [6.07, 6.45) is 1.99. The fourth-order valence-corrected chi connectivity index (χ4v) is 2.28. The third-order valence-corrected chi connectivity index (χ3v) is 3.56. The number of ketones is 1. The Morgan fingerprint density at radius 2 is 1.83 bits per heavy atom. The van der Waals surface area contributed by atoms with Crippen LogP contribution in [0.15, 0.2) is 42.5 Å². The molecule has 0 aromatic heterocycles. The Labute approximate surface area is 139 Å². The van der Waals surface area contributed by atoms with Gasteiger partial charge in [0, 0.05) is 10.6 Å². The van der Waals surface area contributed by atoms with Crippen LogP contribution in [0.4, 0.5) is 0 Å². The number of hydrogen-bond donors (Lipinski definition) is 1. The molecule has 1 N–H and O–H groups in total. The first-order valence-electron chi connectivity index (χ1n) is 7.29. The van der Waals surface area contributed by atoms with Gasteiger partial charge in [0.2, 0.25) is 0 Å². The molecule has 0 unspecified atom stereocenters. The van der Waals surface area contributed by atoms with Crippen molar-refractivity contribution in [2.45, 2.75) is 19.8 Å². The van der Waals surface area contributed by atoms with E-state index in [2.05, 4.69) is 6.92 Å². The van der Waals surface area contributed by atoms with E-state index in [1.54, 1.807) is 12.1 Å². The van der Waals surface area contributed by atoms with Gasteiger partial charge in [-0.2, -0.15) is 0 Å². The Kier molecular flexibility index (Phi) is 5.77. The molecule has 0 aliphatic rings.